The van der Waals surface area contributed by atoms with Gasteiger partial charge in [0.05, 0.1) is 0 Å². The van der Waals surface area contributed by atoms with Crippen LogP contribution >= 0.6 is 11.8 Å². The van der Waals surface area contributed by atoms with E-state index in [0.29, 0.717) is 23.6 Å². The van der Waals surface area contributed by atoms with E-state index in [1.807, 2.05) is 4.57 Å². The minimum atomic E-state index is -0.444. The van der Waals surface area contributed by atoms with Crippen molar-refractivity contribution < 1.29 is 0 Å². The number of rotatable bonds is 6. The molecule has 0 aliphatic carbocycles. The van der Waals surface area contributed by atoms with Gasteiger partial charge in [-0.3, -0.25) is 14.3 Å². The molecule has 4 heterocycles. The van der Waals surface area contributed by atoms with E-state index >= 15 is 0 Å². The summed E-state index contributed by atoms with van der Waals surface area (Å²) in [7, 11) is 1.64. The van der Waals surface area contributed by atoms with Gasteiger partial charge in [-0.25, -0.2) is 14.8 Å². The second-order valence-electron chi connectivity index (χ2n) is 8.13. The predicted molar refractivity (Wildman–Crippen MR) is 118 cm³/mol. The van der Waals surface area contributed by atoms with Crippen molar-refractivity contribution in [2.45, 2.75) is 38.4 Å². The first kappa shape index (κ1) is 20.6. The Morgan fingerprint density at radius 2 is 1.93 bits per heavy atom. The largest absolute Gasteiger partial charge is 0.342 e. The topological polar surface area (TPSA) is 102 Å². The number of piperidine rings is 1. The van der Waals surface area contributed by atoms with E-state index in [-0.39, 0.29) is 11.5 Å². The van der Waals surface area contributed by atoms with Crippen LogP contribution in [-0.4, -0.2) is 47.9 Å². The first-order chi connectivity index (χ1) is 14.4. The van der Waals surface area contributed by atoms with Gasteiger partial charge < -0.3 is 9.47 Å². The summed E-state index contributed by atoms with van der Waals surface area (Å²) < 4.78 is 3.40. The molecule has 10 heteroatoms. The summed E-state index contributed by atoms with van der Waals surface area (Å²) in [4.78, 5) is 42.8. The van der Waals surface area contributed by atoms with Crippen LogP contribution < -0.4 is 16.1 Å². The maximum atomic E-state index is 12.7. The van der Waals surface area contributed by atoms with Crippen LogP contribution in [0.3, 0.4) is 0 Å². The van der Waals surface area contributed by atoms with Crippen molar-refractivity contribution in [2.75, 3.05) is 23.7 Å². The van der Waals surface area contributed by atoms with Crippen molar-refractivity contribution in [2.24, 2.45) is 18.9 Å². The molecular weight excluding hydrogens is 402 g/mol. The molecule has 0 amide bonds. The molecule has 1 aliphatic rings. The fraction of sp³-hybridized carbons (Fsp3) is 0.550. The molecule has 1 N–H and O–H groups in total. The Bertz CT molecular complexity index is 1130. The first-order valence-corrected chi connectivity index (χ1v) is 11.3. The Labute approximate surface area is 178 Å². The molecule has 1 unspecified atom stereocenters. The minimum absolute atomic E-state index is 0.246. The molecule has 4 rings (SSSR count). The number of nitrogens with zero attached hydrogens (tertiary/aromatic N) is 6. The molecule has 0 radical (unpaired) electrons. The summed E-state index contributed by atoms with van der Waals surface area (Å²) in [6.07, 6.45) is 5.66. The number of hydrogen-bond donors (Lipinski definition) is 1. The van der Waals surface area contributed by atoms with Crippen molar-refractivity contribution in [3.05, 3.63) is 39.3 Å². The molecule has 0 bridgehead atoms. The number of imidazole rings is 1. The monoisotopic (exact) mass is 429 g/mol. The van der Waals surface area contributed by atoms with E-state index in [9.17, 15) is 9.59 Å². The Morgan fingerprint density at radius 3 is 2.63 bits per heavy atom. The summed E-state index contributed by atoms with van der Waals surface area (Å²) in [6, 6.07) is 1.80. The maximum absolute atomic E-state index is 12.7. The predicted octanol–water partition coefficient (Wildman–Crippen LogP) is 1.88. The molecule has 1 fully saturated rings. The molecule has 30 heavy (non-hydrogen) atoms. The van der Waals surface area contributed by atoms with Crippen molar-refractivity contribution >= 4 is 28.9 Å². The second-order valence-corrected chi connectivity index (χ2v) is 9.12. The lowest BCUT2D eigenvalue weighted by molar-refractivity contribution is 0.427. The summed E-state index contributed by atoms with van der Waals surface area (Å²) in [6.45, 7) is 6.83. The van der Waals surface area contributed by atoms with Crippen molar-refractivity contribution in [3.63, 3.8) is 0 Å². The average Bonchev–Trinajstić information content (AvgIpc) is 3.12. The van der Waals surface area contributed by atoms with Crippen LogP contribution in [0, 0.1) is 11.8 Å². The zero-order chi connectivity index (χ0) is 21.3. The highest BCUT2D eigenvalue weighted by Crippen LogP contribution is 2.27. The smallest absolute Gasteiger partial charge is 0.329 e. The maximum Gasteiger partial charge on any atom is 0.329 e. The molecule has 9 nitrogen and oxygen atoms in total. The van der Waals surface area contributed by atoms with Crippen LogP contribution in [0.2, 0.25) is 0 Å². The van der Waals surface area contributed by atoms with Gasteiger partial charge in [0.15, 0.2) is 16.3 Å². The van der Waals surface area contributed by atoms with Gasteiger partial charge in [0.2, 0.25) is 5.95 Å². The van der Waals surface area contributed by atoms with Crippen LogP contribution in [-0.2, 0) is 13.6 Å². The van der Waals surface area contributed by atoms with Gasteiger partial charge in [-0.15, -0.1) is 0 Å². The van der Waals surface area contributed by atoms with Gasteiger partial charge in [-0.2, -0.15) is 4.98 Å². The minimum Gasteiger partial charge on any atom is -0.342 e. The van der Waals surface area contributed by atoms with Gasteiger partial charge in [-0.1, -0.05) is 25.6 Å². The lowest BCUT2D eigenvalue weighted by atomic mass is 10.00. The van der Waals surface area contributed by atoms with Gasteiger partial charge in [0, 0.05) is 44.8 Å². The average molecular weight is 430 g/mol. The van der Waals surface area contributed by atoms with Crippen LogP contribution in [0.1, 0.15) is 26.7 Å². The van der Waals surface area contributed by atoms with E-state index in [2.05, 4.69) is 33.7 Å². The normalized spacial score (nSPS) is 16.3. The molecule has 0 aromatic carbocycles. The summed E-state index contributed by atoms with van der Waals surface area (Å²) in [5.74, 6) is 2.52. The lowest BCUT2D eigenvalue weighted by Crippen LogP contribution is -2.35. The highest BCUT2D eigenvalue weighted by molar-refractivity contribution is 7.99. The van der Waals surface area contributed by atoms with Crippen molar-refractivity contribution in [1.29, 1.82) is 0 Å². The third-order valence-electron chi connectivity index (χ3n) is 5.59. The SMILES string of the molecule is CC1CCN(c2nc3c(c(=O)[nH]c(=O)n3C)n2CC(C)CSc2ncccn2)CC1. The highest BCUT2D eigenvalue weighted by Gasteiger charge is 2.25. The Hall–Kier alpha value is -2.62. The molecule has 3 aromatic rings. The van der Waals surface area contributed by atoms with Gasteiger partial charge in [0.25, 0.3) is 5.56 Å². The van der Waals surface area contributed by atoms with E-state index in [1.165, 1.54) is 4.57 Å². The number of anilines is 1. The molecular formula is C20H27N7O2S. The Morgan fingerprint density at radius 1 is 1.23 bits per heavy atom. The zero-order valence-electron chi connectivity index (χ0n) is 17.5. The van der Waals surface area contributed by atoms with Crippen molar-refractivity contribution in [1.82, 2.24) is 29.1 Å². The van der Waals surface area contributed by atoms with Gasteiger partial charge in [0.1, 0.15) is 0 Å². The molecule has 3 aromatic heterocycles. The standard InChI is InChI=1S/C20H27N7O2S/c1-13-5-9-26(10-6-13)19-23-16-15(17(28)24-20(29)25(16)3)27(19)11-14(2)12-30-18-21-7-4-8-22-18/h4,7-8,13-14H,5-6,9-12H2,1-3H3,(H,24,28,29). The molecule has 1 atom stereocenters. The van der Waals surface area contributed by atoms with Crippen LogP contribution in [0.15, 0.2) is 33.2 Å². The number of aromatic nitrogens is 6. The third kappa shape index (κ3) is 4.14. The molecule has 1 aliphatic heterocycles. The fourth-order valence-corrected chi connectivity index (χ4v) is 4.60. The Balaban J connectivity index is 1.67. The molecule has 0 saturated carbocycles. The van der Waals surface area contributed by atoms with Crippen LogP contribution in [0.25, 0.3) is 11.2 Å². The number of aryl methyl sites for hydroxylation is 1. The summed E-state index contributed by atoms with van der Waals surface area (Å²) in [5.41, 5.74) is 0.0615. The number of aromatic amines is 1. The van der Waals surface area contributed by atoms with E-state index in [1.54, 1.807) is 37.3 Å². The molecule has 1 saturated heterocycles. The molecule has 160 valence electrons. The number of thioether (sulfide) groups is 1. The van der Waals surface area contributed by atoms with Gasteiger partial charge in [-0.05, 0) is 30.7 Å². The van der Waals surface area contributed by atoms with Gasteiger partial charge >= 0.3 is 5.69 Å². The molecule has 0 spiro atoms. The number of fused-ring (bicyclic) bond motifs is 1. The third-order valence-corrected chi connectivity index (χ3v) is 6.79. The highest BCUT2D eigenvalue weighted by atomic mass is 32.2. The second kappa shape index (κ2) is 8.63. The van der Waals surface area contributed by atoms with Crippen LogP contribution in [0.5, 0.6) is 0 Å². The van der Waals surface area contributed by atoms with E-state index < -0.39 is 5.69 Å². The number of H-pyrrole nitrogens is 1. The first-order valence-electron chi connectivity index (χ1n) is 10.3. The fourth-order valence-electron chi connectivity index (χ4n) is 3.79. The number of nitrogens with one attached hydrogen (secondary N) is 1. The number of hydrogen-bond acceptors (Lipinski definition) is 7. The summed E-state index contributed by atoms with van der Waals surface area (Å²) >= 11 is 1.60. The van der Waals surface area contributed by atoms with Crippen LogP contribution in [0.4, 0.5) is 5.95 Å². The zero-order valence-corrected chi connectivity index (χ0v) is 18.4. The lowest BCUT2D eigenvalue weighted by Gasteiger charge is -2.31. The quantitative estimate of drug-likeness (QED) is 0.471. The Kier molecular flexibility index (Phi) is 5.94. The van der Waals surface area contributed by atoms with E-state index in [0.717, 1.165) is 42.8 Å². The summed E-state index contributed by atoms with van der Waals surface area (Å²) in [5, 5.41) is 0.741. The van der Waals surface area contributed by atoms with E-state index in [4.69, 9.17) is 4.98 Å². The van der Waals surface area contributed by atoms with Crippen molar-refractivity contribution in [3.8, 4) is 0 Å².